The number of fused-ring (bicyclic) bond motifs is 2. The van der Waals surface area contributed by atoms with Crippen molar-refractivity contribution in [2.24, 2.45) is 5.16 Å². The van der Waals surface area contributed by atoms with Gasteiger partial charge in [0.05, 0.1) is 11.7 Å². The number of nitrogens with two attached hydrogens (primary N) is 1. The number of nitrogen functional groups attached to an aromatic ring is 1. The van der Waals surface area contributed by atoms with Crippen LogP contribution in [-0.2, 0) is 25.8 Å². The lowest BCUT2D eigenvalue weighted by molar-refractivity contribution is -0.687. The molecule has 12 heteroatoms. The number of aliphatic carboxylic acids is 1. The molecule has 0 spiro atoms. The van der Waals surface area contributed by atoms with Gasteiger partial charge in [-0.15, -0.1) is 11.8 Å². The number of hydrogen-bond donors (Lipinski definition) is 2. The van der Waals surface area contributed by atoms with Crippen molar-refractivity contribution in [1.29, 1.82) is 0 Å². The first-order valence-corrected chi connectivity index (χ1v) is 12.3. The summed E-state index contributed by atoms with van der Waals surface area (Å²) in [6, 6.07) is 13.5. The Balaban J connectivity index is 1.36. The number of carboxylic acids is 1. The number of carboxylic acid groups (broad SMARTS) is 1. The molecule has 5 rings (SSSR count). The third-order valence-corrected chi connectivity index (χ3v) is 7.40. The fraction of sp³-hybridized carbons (Fsp3) is 0.200. The van der Waals surface area contributed by atoms with Crippen LogP contribution >= 0.6 is 11.8 Å². The lowest BCUT2D eigenvalue weighted by Crippen LogP contribution is -2.71. The average Bonchev–Trinajstić information content (AvgIpc) is 2.89. The molecule has 188 valence electrons. The van der Waals surface area contributed by atoms with E-state index in [1.54, 1.807) is 12.1 Å². The summed E-state index contributed by atoms with van der Waals surface area (Å²) in [5, 5.41) is 19.9. The summed E-state index contributed by atoms with van der Waals surface area (Å²) in [4.78, 5) is 48.2. The Kier molecular flexibility index (Phi) is 6.49. The molecule has 1 aromatic carbocycles. The Morgan fingerprint density at radius 3 is 2.76 bits per heavy atom. The van der Waals surface area contributed by atoms with Crippen LogP contribution in [0.1, 0.15) is 5.69 Å². The normalized spacial score (nSPS) is 19.3. The number of pyridine rings is 2. The molecule has 2 amide bonds. The van der Waals surface area contributed by atoms with Gasteiger partial charge < -0.3 is 25.8 Å². The van der Waals surface area contributed by atoms with Crippen molar-refractivity contribution in [3.8, 4) is 0 Å². The predicted octanol–water partition coefficient (Wildman–Crippen LogP) is -0.441. The SMILES string of the molecule is CO/N=C(\C(=O)NC1C(=O)N2C(C(=O)[O-])=C(C[n+]3ccc4ccccc4c3)CS[C@H]12)c1cccc(N)n1. The number of oxime groups is 1. The van der Waals surface area contributed by atoms with Crippen LogP contribution in [0.4, 0.5) is 5.82 Å². The zero-order valence-corrected chi connectivity index (χ0v) is 20.5. The quantitative estimate of drug-likeness (QED) is 0.185. The number of thioether (sulfide) groups is 1. The lowest BCUT2D eigenvalue weighted by atomic mass is 10.0. The molecule has 2 aliphatic heterocycles. The zero-order chi connectivity index (χ0) is 26.1. The van der Waals surface area contributed by atoms with Gasteiger partial charge >= 0.3 is 0 Å². The highest BCUT2D eigenvalue weighted by Crippen LogP contribution is 2.40. The Morgan fingerprint density at radius 1 is 1.24 bits per heavy atom. The molecule has 0 saturated carbocycles. The van der Waals surface area contributed by atoms with E-state index in [4.69, 9.17) is 10.6 Å². The predicted molar refractivity (Wildman–Crippen MR) is 133 cm³/mol. The largest absolute Gasteiger partial charge is 0.543 e. The van der Waals surface area contributed by atoms with Gasteiger partial charge in [0.1, 0.15) is 30.0 Å². The molecule has 2 aromatic heterocycles. The Labute approximate surface area is 215 Å². The summed E-state index contributed by atoms with van der Waals surface area (Å²) in [6.07, 6.45) is 3.79. The lowest BCUT2D eigenvalue weighted by Gasteiger charge is -2.50. The van der Waals surface area contributed by atoms with Gasteiger partial charge in [0, 0.05) is 22.8 Å². The third-order valence-electron chi connectivity index (χ3n) is 6.06. The fourth-order valence-corrected chi connectivity index (χ4v) is 5.71. The number of hydrogen-bond acceptors (Lipinski definition) is 9. The highest BCUT2D eigenvalue weighted by molar-refractivity contribution is 8.00. The molecular weight excluding hydrogens is 496 g/mol. The standard InChI is InChI=1S/C25H22N6O5S/c1-36-29-19(17-7-4-8-18(26)27-17)22(32)28-20-23(33)31-21(25(34)35)16(13-37-24(20)31)12-30-10-9-14-5-2-3-6-15(14)11-30/h2-11,20,24H,12-13H2,1H3,(H3-,26,27,28,32,34,35)/b29-19-/t20?,24-/m1/s1. The minimum absolute atomic E-state index is 0.161. The maximum atomic E-state index is 13.0. The van der Waals surface area contributed by atoms with E-state index in [0.29, 0.717) is 11.3 Å². The first-order valence-electron chi connectivity index (χ1n) is 11.3. The van der Waals surface area contributed by atoms with Gasteiger partial charge in [-0.1, -0.05) is 29.4 Å². The van der Waals surface area contributed by atoms with Crippen molar-refractivity contribution < 1.29 is 28.9 Å². The van der Waals surface area contributed by atoms with E-state index in [1.165, 1.54) is 29.8 Å². The zero-order valence-electron chi connectivity index (χ0n) is 19.7. The number of nitrogens with zero attached hydrogens (tertiary/aromatic N) is 4. The second-order valence-electron chi connectivity index (χ2n) is 8.42. The second-order valence-corrected chi connectivity index (χ2v) is 9.52. The summed E-state index contributed by atoms with van der Waals surface area (Å²) >= 11 is 1.36. The van der Waals surface area contributed by atoms with Crippen molar-refractivity contribution in [1.82, 2.24) is 15.2 Å². The van der Waals surface area contributed by atoms with Crippen molar-refractivity contribution in [3.63, 3.8) is 0 Å². The van der Waals surface area contributed by atoms with E-state index in [1.807, 2.05) is 47.3 Å². The van der Waals surface area contributed by atoms with Crippen molar-refractivity contribution in [2.75, 3.05) is 18.6 Å². The van der Waals surface area contributed by atoms with Gasteiger partial charge in [-0.25, -0.2) is 9.55 Å². The number of nitrogens with one attached hydrogen (secondary N) is 1. The third kappa shape index (κ3) is 4.58. The van der Waals surface area contributed by atoms with Crippen LogP contribution in [0.3, 0.4) is 0 Å². The summed E-state index contributed by atoms with van der Waals surface area (Å²) in [6.45, 7) is 0.278. The van der Waals surface area contributed by atoms with Crippen LogP contribution in [0, 0.1) is 0 Å². The van der Waals surface area contributed by atoms with E-state index >= 15 is 0 Å². The molecule has 37 heavy (non-hydrogen) atoms. The topological polar surface area (TPSA) is 154 Å². The smallest absolute Gasteiger partial charge is 0.276 e. The number of amides is 2. The molecule has 1 fully saturated rings. The Bertz CT molecular complexity index is 1490. The molecule has 2 atom stereocenters. The van der Waals surface area contributed by atoms with Crippen LogP contribution < -0.4 is 20.7 Å². The second kappa shape index (κ2) is 9.90. The number of carbonyl (C=O) groups excluding carboxylic acids is 3. The van der Waals surface area contributed by atoms with Crippen LogP contribution in [0.2, 0.25) is 0 Å². The number of carbonyl (C=O) groups is 3. The van der Waals surface area contributed by atoms with E-state index in [9.17, 15) is 19.5 Å². The number of rotatable bonds is 7. The minimum atomic E-state index is -1.44. The Hall–Kier alpha value is -4.45. The number of β-lactam (4-membered cyclic amide) rings is 1. The van der Waals surface area contributed by atoms with Gasteiger partial charge in [-0.05, 0) is 23.6 Å². The molecule has 3 N–H and O–H groups in total. The van der Waals surface area contributed by atoms with Gasteiger partial charge in [0.2, 0.25) is 0 Å². The Morgan fingerprint density at radius 2 is 2.03 bits per heavy atom. The van der Waals surface area contributed by atoms with Gasteiger partial charge in [0.15, 0.2) is 24.7 Å². The maximum absolute atomic E-state index is 13.0. The van der Waals surface area contributed by atoms with Crippen molar-refractivity contribution in [2.45, 2.75) is 18.0 Å². The molecule has 2 aliphatic rings. The first kappa shape index (κ1) is 24.3. The first-order chi connectivity index (χ1) is 17.9. The molecule has 1 saturated heterocycles. The number of aromatic nitrogens is 2. The molecule has 4 heterocycles. The van der Waals surface area contributed by atoms with Gasteiger partial charge in [-0.3, -0.25) is 14.5 Å². The van der Waals surface area contributed by atoms with Crippen LogP contribution in [0.5, 0.6) is 0 Å². The highest BCUT2D eigenvalue weighted by atomic mass is 32.2. The summed E-state index contributed by atoms with van der Waals surface area (Å²) in [5.41, 5.74) is 6.10. The van der Waals surface area contributed by atoms with Crippen LogP contribution in [0.15, 0.2) is 77.4 Å². The van der Waals surface area contributed by atoms with Crippen LogP contribution in [-0.4, -0.2) is 57.7 Å². The number of anilines is 1. The summed E-state index contributed by atoms with van der Waals surface area (Å²) in [5.74, 6) is -2.16. The van der Waals surface area contributed by atoms with E-state index < -0.39 is 29.2 Å². The van der Waals surface area contributed by atoms with Crippen molar-refractivity contribution >= 4 is 51.8 Å². The number of benzene rings is 1. The summed E-state index contributed by atoms with van der Waals surface area (Å²) < 4.78 is 1.87. The van der Waals surface area contributed by atoms with Crippen LogP contribution in [0.25, 0.3) is 10.8 Å². The monoisotopic (exact) mass is 518 g/mol. The summed E-state index contributed by atoms with van der Waals surface area (Å²) in [7, 11) is 1.28. The van der Waals surface area contributed by atoms with E-state index in [2.05, 4.69) is 15.5 Å². The van der Waals surface area contributed by atoms with Gasteiger partial charge in [-0.2, -0.15) is 0 Å². The average molecular weight is 519 g/mol. The molecule has 0 aliphatic carbocycles. The van der Waals surface area contributed by atoms with Gasteiger partial charge in [0.25, 0.3) is 11.8 Å². The molecule has 1 unspecified atom stereocenters. The molecule has 0 radical (unpaired) electrons. The molecule has 11 nitrogen and oxygen atoms in total. The molecule has 3 aromatic rings. The molecular formula is C25H22N6O5S. The van der Waals surface area contributed by atoms with E-state index in [0.717, 1.165) is 10.8 Å². The van der Waals surface area contributed by atoms with Crippen molar-refractivity contribution in [3.05, 3.63) is 77.9 Å². The minimum Gasteiger partial charge on any atom is -0.543 e. The van der Waals surface area contributed by atoms with E-state index in [-0.39, 0.29) is 29.5 Å². The molecule has 0 bridgehead atoms. The fourth-order valence-electron chi connectivity index (χ4n) is 4.38. The highest BCUT2D eigenvalue weighted by Gasteiger charge is 2.53. The maximum Gasteiger partial charge on any atom is 0.276 e.